The SMILES string of the molecule is N#Cc1ccc(-c2ccc3c(c2)B2c4ccccc4N(c4ccc5ccc6cccc7ccc4c5c67)c4cccc-3c42)cc1. The maximum atomic E-state index is 9.30. The summed E-state index contributed by atoms with van der Waals surface area (Å²) in [7, 11) is 0. The Labute approximate surface area is 255 Å². The minimum absolute atomic E-state index is 0.154. The Balaban J connectivity index is 1.22. The summed E-state index contributed by atoms with van der Waals surface area (Å²) in [6, 6.07) is 53.1. The van der Waals surface area contributed by atoms with Crippen LogP contribution in [0.2, 0.25) is 0 Å². The van der Waals surface area contributed by atoms with Crippen LogP contribution >= 0.6 is 0 Å². The van der Waals surface area contributed by atoms with Crippen LogP contribution in [0.5, 0.6) is 0 Å². The highest BCUT2D eigenvalue weighted by atomic mass is 15.2. The fourth-order valence-electron chi connectivity index (χ4n) is 7.97. The summed E-state index contributed by atoms with van der Waals surface area (Å²) in [6.45, 7) is 0.154. The van der Waals surface area contributed by atoms with Crippen LogP contribution in [0, 0.1) is 11.3 Å². The summed E-state index contributed by atoms with van der Waals surface area (Å²) in [6.07, 6.45) is 0. The summed E-state index contributed by atoms with van der Waals surface area (Å²) in [5.74, 6) is 0. The van der Waals surface area contributed by atoms with Crippen molar-refractivity contribution in [1.82, 2.24) is 0 Å². The first kappa shape index (κ1) is 23.7. The van der Waals surface area contributed by atoms with Gasteiger partial charge in [-0.15, -0.1) is 0 Å². The molecular formula is C41H23BN2. The number of nitriles is 1. The molecule has 2 aliphatic rings. The lowest BCUT2D eigenvalue weighted by Crippen LogP contribution is -2.54. The van der Waals surface area contributed by atoms with Gasteiger partial charge in [-0.1, -0.05) is 115 Å². The molecule has 3 heteroatoms. The van der Waals surface area contributed by atoms with E-state index in [1.807, 2.05) is 12.1 Å². The standard InChI is InChI=1S/C41H23BN2/c43-24-25-11-13-26(14-12-25)30-18-20-31-32-7-4-10-38-41(32)42(35(31)23-30)34-8-1-2-9-37(34)44(38)36-22-19-29-16-15-27-5-3-6-28-17-21-33(36)40(29)39(27)28/h1-23H. The number of rotatable bonds is 2. The number of para-hydroxylation sites is 1. The van der Waals surface area contributed by atoms with Gasteiger partial charge in [0.2, 0.25) is 6.71 Å². The molecule has 0 radical (unpaired) electrons. The Morgan fingerprint density at radius 1 is 0.500 bits per heavy atom. The maximum absolute atomic E-state index is 9.30. The Morgan fingerprint density at radius 3 is 2.05 bits per heavy atom. The van der Waals surface area contributed by atoms with Crippen LogP contribution < -0.4 is 21.3 Å². The van der Waals surface area contributed by atoms with Crippen LogP contribution in [0.15, 0.2) is 140 Å². The molecule has 8 aromatic carbocycles. The third-order valence-electron chi connectivity index (χ3n) is 9.85. The lowest BCUT2D eigenvalue weighted by molar-refractivity contribution is 1.31. The topological polar surface area (TPSA) is 27.0 Å². The van der Waals surface area contributed by atoms with Crippen LogP contribution in [-0.2, 0) is 0 Å². The molecule has 0 unspecified atom stereocenters. The van der Waals surface area contributed by atoms with Crippen LogP contribution in [0.4, 0.5) is 17.1 Å². The second-order valence-corrected chi connectivity index (χ2v) is 12.0. The maximum Gasteiger partial charge on any atom is 0.248 e. The molecule has 44 heavy (non-hydrogen) atoms. The van der Waals surface area contributed by atoms with Crippen molar-refractivity contribution in [2.45, 2.75) is 0 Å². The summed E-state index contributed by atoms with van der Waals surface area (Å²) in [4.78, 5) is 2.50. The van der Waals surface area contributed by atoms with Gasteiger partial charge in [0, 0.05) is 16.8 Å². The van der Waals surface area contributed by atoms with Crippen molar-refractivity contribution in [1.29, 1.82) is 5.26 Å². The average molecular weight is 554 g/mol. The Kier molecular flexibility index (Phi) is 4.63. The van der Waals surface area contributed by atoms with Gasteiger partial charge in [0.05, 0.1) is 17.3 Å². The smallest absolute Gasteiger partial charge is 0.248 e. The predicted molar refractivity (Wildman–Crippen MR) is 185 cm³/mol. The first-order valence-electron chi connectivity index (χ1n) is 15.1. The fraction of sp³-hybridized carbons (Fsp3) is 0. The molecule has 2 heterocycles. The van der Waals surface area contributed by atoms with Crippen molar-refractivity contribution in [2.24, 2.45) is 0 Å². The van der Waals surface area contributed by atoms with Crippen molar-refractivity contribution < 1.29 is 0 Å². The number of hydrogen-bond donors (Lipinski definition) is 0. The van der Waals surface area contributed by atoms with E-state index in [4.69, 9.17) is 0 Å². The van der Waals surface area contributed by atoms with Crippen molar-refractivity contribution in [2.75, 3.05) is 4.90 Å². The molecule has 0 bridgehead atoms. The van der Waals surface area contributed by atoms with E-state index in [1.54, 1.807) is 0 Å². The summed E-state index contributed by atoms with van der Waals surface area (Å²) >= 11 is 0. The summed E-state index contributed by atoms with van der Waals surface area (Å²) in [5, 5.41) is 17.1. The fourth-order valence-corrected chi connectivity index (χ4v) is 7.97. The minimum Gasteiger partial charge on any atom is -0.311 e. The van der Waals surface area contributed by atoms with E-state index >= 15 is 0 Å². The van der Waals surface area contributed by atoms with Gasteiger partial charge in [-0.2, -0.15) is 5.26 Å². The van der Waals surface area contributed by atoms with E-state index in [1.165, 1.54) is 82.5 Å². The highest BCUT2D eigenvalue weighted by Gasteiger charge is 2.42. The molecule has 0 aliphatic carbocycles. The summed E-state index contributed by atoms with van der Waals surface area (Å²) < 4.78 is 0. The highest BCUT2D eigenvalue weighted by Crippen LogP contribution is 2.46. The molecular weight excluding hydrogens is 531 g/mol. The molecule has 10 rings (SSSR count). The van der Waals surface area contributed by atoms with E-state index in [2.05, 4.69) is 138 Å². The Morgan fingerprint density at radius 2 is 1.20 bits per heavy atom. The number of nitrogens with zero attached hydrogens (tertiary/aromatic N) is 2. The molecule has 0 aromatic heterocycles. The molecule has 0 N–H and O–H groups in total. The van der Waals surface area contributed by atoms with Crippen LogP contribution in [0.3, 0.4) is 0 Å². The minimum atomic E-state index is 0.154. The zero-order valence-electron chi connectivity index (χ0n) is 23.8. The molecule has 0 spiro atoms. The van der Waals surface area contributed by atoms with Gasteiger partial charge >= 0.3 is 0 Å². The molecule has 0 atom stereocenters. The van der Waals surface area contributed by atoms with Gasteiger partial charge in [-0.25, -0.2) is 0 Å². The first-order valence-corrected chi connectivity index (χ1v) is 15.1. The van der Waals surface area contributed by atoms with E-state index < -0.39 is 0 Å². The number of anilines is 3. The van der Waals surface area contributed by atoms with Gasteiger partial charge in [0.15, 0.2) is 0 Å². The van der Waals surface area contributed by atoms with Crippen LogP contribution in [-0.4, -0.2) is 6.71 Å². The second kappa shape index (κ2) is 8.60. The normalized spacial score (nSPS) is 12.9. The molecule has 0 fully saturated rings. The number of benzene rings is 8. The lowest BCUT2D eigenvalue weighted by Gasteiger charge is -2.36. The second-order valence-electron chi connectivity index (χ2n) is 12.0. The van der Waals surface area contributed by atoms with E-state index in [0.29, 0.717) is 5.56 Å². The zero-order valence-corrected chi connectivity index (χ0v) is 23.8. The van der Waals surface area contributed by atoms with Crippen molar-refractivity contribution >= 4 is 72.5 Å². The largest absolute Gasteiger partial charge is 0.311 e. The van der Waals surface area contributed by atoms with Gasteiger partial charge in [-0.3, -0.25) is 0 Å². The lowest BCUT2D eigenvalue weighted by atomic mass is 9.37. The van der Waals surface area contributed by atoms with Gasteiger partial charge < -0.3 is 4.90 Å². The van der Waals surface area contributed by atoms with Gasteiger partial charge in [0.25, 0.3) is 0 Å². The van der Waals surface area contributed by atoms with E-state index in [0.717, 1.165) is 5.56 Å². The molecule has 0 saturated carbocycles. The highest BCUT2D eigenvalue weighted by molar-refractivity contribution is 7.01. The third kappa shape index (κ3) is 3.04. The predicted octanol–water partition coefficient (Wildman–Crippen LogP) is 8.40. The monoisotopic (exact) mass is 554 g/mol. The van der Waals surface area contributed by atoms with E-state index in [9.17, 15) is 5.26 Å². The Bertz CT molecular complexity index is 2510. The van der Waals surface area contributed by atoms with Gasteiger partial charge in [0.1, 0.15) is 0 Å². The van der Waals surface area contributed by atoms with E-state index in [-0.39, 0.29) is 6.71 Å². The number of fused-ring (bicyclic) bond motifs is 5. The van der Waals surface area contributed by atoms with Crippen LogP contribution in [0.25, 0.3) is 54.6 Å². The molecule has 0 saturated heterocycles. The third-order valence-corrected chi connectivity index (χ3v) is 9.85. The molecule has 2 nitrogen and oxygen atoms in total. The quantitative estimate of drug-likeness (QED) is 0.159. The van der Waals surface area contributed by atoms with Crippen molar-refractivity contribution in [3.05, 3.63) is 145 Å². The summed E-state index contributed by atoms with van der Waals surface area (Å²) in [5.41, 5.74) is 13.3. The molecule has 2 aliphatic heterocycles. The van der Waals surface area contributed by atoms with Gasteiger partial charge in [-0.05, 0) is 90.4 Å². The van der Waals surface area contributed by atoms with Crippen molar-refractivity contribution in [3.63, 3.8) is 0 Å². The average Bonchev–Trinajstić information content (AvgIpc) is 3.42. The Hall–Kier alpha value is -5.85. The molecule has 0 amide bonds. The molecule has 200 valence electrons. The first-order chi connectivity index (χ1) is 21.8. The van der Waals surface area contributed by atoms with Crippen molar-refractivity contribution in [3.8, 4) is 28.3 Å². The molecule has 8 aromatic rings. The van der Waals surface area contributed by atoms with Crippen LogP contribution in [0.1, 0.15) is 5.56 Å². The zero-order chi connectivity index (χ0) is 28.9. The number of hydrogen-bond acceptors (Lipinski definition) is 2.